The lowest BCUT2D eigenvalue weighted by Crippen LogP contribution is -2.29. The van der Waals surface area contributed by atoms with Crippen LogP contribution in [0.2, 0.25) is 0 Å². The van der Waals surface area contributed by atoms with Crippen LogP contribution in [0.25, 0.3) is 11.3 Å². The molecule has 2 unspecified atom stereocenters. The number of benzene rings is 2. The molecule has 1 aliphatic rings. The van der Waals surface area contributed by atoms with E-state index < -0.39 is 12.0 Å². The fourth-order valence-corrected chi connectivity index (χ4v) is 4.99. The molecule has 5 rings (SSSR count). The van der Waals surface area contributed by atoms with E-state index in [2.05, 4.69) is 15.6 Å². The number of nitrogens with zero attached hydrogens (tertiary/aromatic N) is 2. The summed E-state index contributed by atoms with van der Waals surface area (Å²) in [6, 6.07) is 21.2. The van der Waals surface area contributed by atoms with Crippen LogP contribution in [0, 0.1) is 0 Å². The smallest absolute Gasteiger partial charge is 0.337 e. The van der Waals surface area contributed by atoms with Crippen LogP contribution < -0.4 is 20.3 Å². The zero-order chi connectivity index (χ0) is 27.5. The molecule has 0 saturated carbocycles. The summed E-state index contributed by atoms with van der Waals surface area (Å²) in [5.74, 6) is 1.09. The van der Waals surface area contributed by atoms with E-state index in [1.165, 1.54) is 14.0 Å². The molecule has 39 heavy (non-hydrogen) atoms. The maximum absolute atomic E-state index is 12.1. The average Bonchev–Trinajstić information content (AvgIpc) is 3.57. The lowest BCUT2D eigenvalue weighted by atomic mass is 10.0. The monoisotopic (exact) mass is 542 g/mol. The van der Waals surface area contributed by atoms with Gasteiger partial charge < -0.3 is 29.4 Å². The van der Waals surface area contributed by atoms with Crippen LogP contribution in [0.4, 0.5) is 11.4 Å². The van der Waals surface area contributed by atoms with Crippen molar-refractivity contribution in [1.29, 1.82) is 0 Å². The SMILES string of the molecule is COC(=O)c1cccc(-c2ccc(C3C(c4ccccn4)NC(=S)N3c3ccc(OC)c(NC(C)=O)c3)o2)c1. The number of amides is 1. The zero-order valence-corrected chi connectivity index (χ0v) is 22.3. The number of pyridine rings is 1. The second-order valence-corrected chi connectivity index (χ2v) is 9.22. The summed E-state index contributed by atoms with van der Waals surface area (Å²) in [6.45, 7) is 1.44. The number of carbonyl (C=O) groups excluding carboxylic acids is 2. The molecule has 3 heterocycles. The number of carbonyl (C=O) groups is 2. The van der Waals surface area contributed by atoms with Gasteiger partial charge in [0.25, 0.3) is 0 Å². The van der Waals surface area contributed by atoms with Gasteiger partial charge in [-0.05, 0) is 66.8 Å². The highest BCUT2D eigenvalue weighted by molar-refractivity contribution is 7.80. The van der Waals surface area contributed by atoms with Crippen molar-refractivity contribution >= 4 is 40.6 Å². The Morgan fingerprint density at radius 3 is 2.62 bits per heavy atom. The van der Waals surface area contributed by atoms with Crippen molar-refractivity contribution in [3.05, 3.63) is 96.0 Å². The lowest BCUT2D eigenvalue weighted by Gasteiger charge is -2.27. The Labute approximate surface area is 230 Å². The maximum Gasteiger partial charge on any atom is 0.337 e. The number of ether oxygens (including phenoxy) is 2. The minimum Gasteiger partial charge on any atom is -0.495 e. The lowest BCUT2D eigenvalue weighted by molar-refractivity contribution is -0.114. The van der Waals surface area contributed by atoms with E-state index in [1.807, 2.05) is 53.4 Å². The number of thiocarbonyl (C=S) groups is 1. The van der Waals surface area contributed by atoms with Crippen molar-refractivity contribution in [2.24, 2.45) is 0 Å². The van der Waals surface area contributed by atoms with Crippen molar-refractivity contribution in [3.8, 4) is 17.1 Å². The van der Waals surface area contributed by atoms with Gasteiger partial charge in [-0.1, -0.05) is 18.2 Å². The predicted octanol–water partition coefficient (Wildman–Crippen LogP) is 5.27. The Balaban J connectivity index is 1.59. The molecule has 1 saturated heterocycles. The number of esters is 1. The molecule has 1 fully saturated rings. The van der Waals surface area contributed by atoms with Gasteiger partial charge >= 0.3 is 5.97 Å². The molecule has 1 aliphatic heterocycles. The van der Waals surface area contributed by atoms with Gasteiger partial charge in [-0.15, -0.1) is 0 Å². The fourth-order valence-electron chi connectivity index (χ4n) is 4.64. The number of furan rings is 1. The molecular weight excluding hydrogens is 516 g/mol. The number of hydrogen-bond donors (Lipinski definition) is 2. The number of rotatable bonds is 7. The number of nitrogens with one attached hydrogen (secondary N) is 2. The molecule has 0 aliphatic carbocycles. The third-order valence-corrected chi connectivity index (χ3v) is 6.67. The third kappa shape index (κ3) is 5.19. The summed E-state index contributed by atoms with van der Waals surface area (Å²) in [7, 11) is 2.89. The third-order valence-electron chi connectivity index (χ3n) is 6.36. The molecule has 9 nitrogen and oxygen atoms in total. The standard InChI is InChI=1S/C29H26N4O5S/c1-17(34)31-22-16-20(10-11-24(22)36-2)33-27(26(32-29(33)39)21-9-4-5-14-30-21)25-13-12-23(38-25)18-7-6-8-19(15-18)28(35)37-3/h4-16,26-27H,1-3H3,(H,31,34)(H,32,39). The topological polar surface area (TPSA) is 106 Å². The van der Waals surface area contributed by atoms with E-state index in [4.69, 9.17) is 26.1 Å². The highest BCUT2D eigenvalue weighted by Crippen LogP contribution is 2.44. The summed E-state index contributed by atoms with van der Waals surface area (Å²) in [5, 5.41) is 6.68. The quantitative estimate of drug-likeness (QED) is 0.239. The van der Waals surface area contributed by atoms with Crippen molar-refractivity contribution in [1.82, 2.24) is 10.3 Å². The van der Waals surface area contributed by atoms with E-state index in [9.17, 15) is 9.59 Å². The van der Waals surface area contributed by atoms with Crippen LogP contribution >= 0.6 is 12.2 Å². The van der Waals surface area contributed by atoms with Gasteiger partial charge in [0.2, 0.25) is 5.91 Å². The molecular formula is C29H26N4O5S. The first-order valence-corrected chi connectivity index (χ1v) is 12.5. The van der Waals surface area contributed by atoms with E-state index in [0.29, 0.717) is 33.6 Å². The van der Waals surface area contributed by atoms with Crippen LogP contribution in [0.1, 0.15) is 40.8 Å². The largest absolute Gasteiger partial charge is 0.495 e. The second kappa shape index (κ2) is 11.0. The second-order valence-electron chi connectivity index (χ2n) is 8.84. The Kier molecular flexibility index (Phi) is 7.29. The van der Waals surface area contributed by atoms with Gasteiger partial charge in [0, 0.05) is 24.4 Å². The van der Waals surface area contributed by atoms with Crippen molar-refractivity contribution in [2.75, 3.05) is 24.4 Å². The number of anilines is 2. The Morgan fingerprint density at radius 1 is 1.05 bits per heavy atom. The minimum atomic E-state index is -0.426. The van der Waals surface area contributed by atoms with Gasteiger partial charge in [0.05, 0.1) is 37.2 Å². The van der Waals surface area contributed by atoms with Crippen molar-refractivity contribution in [2.45, 2.75) is 19.0 Å². The Morgan fingerprint density at radius 2 is 1.90 bits per heavy atom. The molecule has 0 radical (unpaired) electrons. The number of methoxy groups -OCH3 is 2. The van der Waals surface area contributed by atoms with E-state index in [-0.39, 0.29) is 11.9 Å². The Bertz CT molecular complexity index is 1540. The molecule has 2 aromatic carbocycles. The van der Waals surface area contributed by atoms with Crippen molar-refractivity contribution in [3.63, 3.8) is 0 Å². The van der Waals surface area contributed by atoms with E-state index in [0.717, 1.165) is 16.9 Å². The van der Waals surface area contributed by atoms with Gasteiger partial charge in [0.15, 0.2) is 5.11 Å². The van der Waals surface area contributed by atoms with Gasteiger partial charge in [-0.25, -0.2) is 4.79 Å². The summed E-state index contributed by atoms with van der Waals surface area (Å²) in [5.41, 5.74) is 3.19. The average molecular weight is 543 g/mol. The fraction of sp³-hybridized carbons (Fsp3) is 0.172. The van der Waals surface area contributed by atoms with Crippen LogP contribution in [-0.2, 0) is 9.53 Å². The number of hydrogen-bond acceptors (Lipinski definition) is 7. The molecule has 198 valence electrons. The molecule has 2 N–H and O–H groups in total. The molecule has 2 atom stereocenters. The highest BCUT2D eigenvalue weighted by Gasteiger charge is 2.42. The minimum absolute atomic E-state index is 0.222. The van der Waals surface area contributed by atoms with Crippen LogP contribution in [0.3, 0.4) is 0 Å². The Hall–Kier alpha value is -4.70. The summed E-state index contributed by atoms with van der Waals surface area (Å²) in [6.07, 6.45) is 1.73. The van der Waals surface area contributed by atoms with Gasteiger partial charge in [0.1, 0.15) is 23.3 Å². The predicted molar refractivity (Wildman–Crippen MR) is 151 cm³/mol. The van der Waals surface area contributed by atoms with Gasteiger partial charge in [-0.2, -0.15) is 0 Å². The first-order valence-electron chi connectivity index (χ1n) is 12.1. The first-order chi connectivity index (χ1) is 18.9. The van der Waals surface area contributed by atoms with E-state index >= 15 is 0 Å². The highest BCUT2D eigenvalue weighted by atomic mass is 32.1. The molecule has 2 aromatic heterocycles. The molecule has 0 spiro atoms. The number of aromatic nitrogens is 1. The zero-order valence-electron chi connectivity index (χ0n) is 21.5. The van der Waals surface area contributed by atoms with Gasteiger partial charge in [-0.3, -0.25) is 9.78 Å². The first kappa shape index (κ1) is 25.9. The maximum atomic E-state index is 12.1. The van der Waals surface area contributed by atoms with Crippen LogP contribution in [-0.4, -0.2) is 36.2 Å². The molecule has 1 amide bonds. The molecule has 4 aromatic rings. The molecule has 10 heteroatoms. The summed E-state index contributed by atoms with van der Waals surface area (Å²) in [4.78, 5) is 30.4. The summed E-state index contributed by atoms with van der Waals surface area (Å²) < 4.78 is 16.7. The van der Waals surface area contributed by atoms with Crippen LogP contribution in [0.15, 0.2) is 83.4 Å². The normalized spacial score (nSPS) is 16.5. The summed E-state index contributed by atoms with van der Waals surface area (Å²) >= 11 is 5.80. The molecule has 0 bridgehead atoms. The van der Waals surface area contributed by atoms with E-state index in [1.54, 1.807) is 37.6 Å². The van der Waals surface area contributed by atoms with Crippen molar-refractivity contribution < 1.29 is 23.5 Å². The van der Waals surface area contributed by atoms with Crippen LogP contribution in [0.5, 0.6) is 5.75 Å².